The maximum absolute atomic E-state index is 12.0. The number of rotatable bonds is 8. The van der Waals surface area contributed by atoms with Gasteiger partial charge in [0.2, 0.25) is 5.91 Å². The van der Waals surface area contributed by atoms with Crippen LogP contribution in [-0.4, -0.2) is 23.3 Å². The lowest BCUT2D eigenvalue weighted by molar-refractivity contribution is -0.274. The van der Waals surface area contributed by atoms with Gasteiger partial charge >= 0.3 is 12.3 Å². The molecule has 0 aromatic heterocycles. The van der Waals surface area contributed by atoms with E-state index >= 15 is 0 Å². The van der Waals surface area contributed by atoms with Gasteiger partial charge in [-0.15, -0.1) is 13.2 Å². The summed E-state index contributed by atoms with van der Waals surface area (Å²) in [6.07, 6.45) is -3.61. The average molecular weight is 319 g/mol. The van der Waals surface area contributed by atoms with E-state index in [9.17, 15) is 22.8 Å². The monoisotopic (exact) mass is 319 g/mol. The summed E-state index contributed by atoms with van der Waals surface area (Å²) in [6.45, 7) is 0.185. The van der Waals surface area contributed by atoms with Crippen molar-refractivity contribution in [2.24, 2.45) is 0 Å². The molecule has 1 aromatic carbocycles. The molecule has 122 valence electrons. The number of carbonyl (C=O) groups excluding carboxylic acids is 1. The lowest BCUT2D eigenvalue weighted by atomic mass is 10.2. The largest absolute Gasteiger partial charge is 0.573 e. The van der Waals surface area contributed by atoms with E-state index < -0.39 is 12.3 Å². The van der Waals surface area contributed by atoms with Crippen LogP contribution < -0.4 is 10.1 Å². The van der Waals surface area contributed by atoms with Crippen molar-refractivity contribution in [2.75, 3.05) is 0 Å². The van der Waals surface area contributed by atoms with Gasteiger partial charge in [-0.25, -0.2) is 0 Å². The second-order valence-electron chi connectivity index (χ2n) is 4.57. The number of carboxylic acids is 1. The van der Waals surface area contributed by atoms with E-state index in [2.05, 4.69) is 10.1 Å². The minimum Gasteiger partial charge on any atom is -0.481 e. The fourth-order valence-electron chi connectivity index (χ4n) is 1.66. The van der Waals surface area contributed by atoms with Crippen molar-refractivity contribution in [3.05, 3.63) is 29.8 Å². The Morgan fingerprint density at radius 2 is 1.68 bits per heavy atom. The highest BCUT2D eigenvalue weighted by Gasteiger charge is 2.30. The molecular formula is C14H16F3NO4. The quantitative estimate of drug-likeness (QED) is 0.723. The van der Waals surface area contributed by atoms with E-state index in [1.165, 1.54) is 24.3 Å². The first kappa shape index (κ1) is 17.8. The Morgan fingerprint density at radius 1 is 1.09 bits per heavy atom. The lowest BCUT2D eigenvalue weighted by Crippen LogP contribution is -2.22. The number of nitrogens with one attached hydrogen (secondary N) is 1. The van der Waals surface area contributed by atoms with E-state index in [0.29, 0.717) is 18.4 Å². The Morgan fingerprint density at radius 3 is 2.23 bits per heavy atom. The van der Waals surface area contributed by atoms with Gasteiger partial charge in [0.05, 0.1) is 0 Å². The van der Waals surface area contributed by atoms with E-state index in [1.54, 1.807) is 0 Å². The van der Waals surface area contributed by atoms with Crippen LogP contribution in [0.15, 0.2) is 24.3 Å². The summed E-state index contributed by atoms with van der Waals surface area (Å²) in [4.78, 5) is 21.8. The molecule has 0 fully saturated rings. The van der Waals surface area contributed by atoms with Gasteiger partial charge in [0.1, 0.15) is 5.75 Å². The molecule has 0 atom stereocenters. The van der Waals surface area contributed by atoms with E-state index in [-0.39, 0.29) is 31.0 Å². The number of hydrogen-bond acceptors (Lipinski definition) is 3. The molecule has 0 spiro atoms. The van der Waals surface area contributed by atoms with Crippen molar-refractivity contribution < 1.29 is 32.6 Å². The summed E-state index contributed by atoms with van der Waals surface area (Å²) in [5, 5.41) is 11.0. The second-order valence-corrected chi connectivity index (χ2v) is 4.57. The zero-order valence-corrected chi connectivity index (χ0v) is 11.7. The summed E-state index contributed by atoms with van der Waals surface area (Å²) in [7, 11) is 0. The highest BCUT2D eigenvalue weighted by atomic mass is 19.4. The van der Waals surface area contributed by atoms with Crippen LogP contribution in [0.3, 0.4) is 0 Å². The molecule has 0 aliphatic carbocycles. The number of ether oxygens (including phenoxy) is 1. The van der Waals surface area contributed by atoms with Gasteiger partial charge in [0.15, 0.2) is 0 Å². The molecule has 0 heterocycles. The molecular weight excluding hydrogens is 303 g/mol. The maximum Gasteiger partial charge on any atom is 0.573 e. The van der Waals surface area contributed by atoms with Crippen molar-refractivity contribution in [3.63, 3.8) is 0 Å². The number of carboxylic acid groups (broad SMARTS) is 1. The van der Waals surface area contributed by atoms with Crippen LogP contribution in [0, 0.1) is 0 Å². The summed E-state index contributed by atoms with van der Waals surface area (Å²) < 4.78 is 39.7. The van der Waals surface area contributed by atoms with E-state index in [4.69, 9.17) is 5.11 Å². The Labute approximate surface area is 125 Å². The van der Waals surface area contributed by atoms with Gasteiger partial charge in [0.25, 0.3) is 0 Å². The molecule has 0 saturated heterocycles. The standard InChI is InChI=1S/C14H16F3NO4/c15-14(16,17)22-11-7-5-10(6-8-11)9-18-12(19)3-1-2-4-13(20)21/h5-8H,1-4,9H2,(H,18,19)(H,20,21). The normalized spacial score (nSPS) is 11.0. The van der Waals surface area contributed by atoms with Gasteiger partial charge in [-0.2, -0.15) is 0 Å². The molecule has 8 heteroatoms. The first-order chi connectivity index (χ1) is 10.3. The molecule has 1 rings (SSSR count). The van der Waals surface area contributed by atoms with Crippen LogP contribution in [0.4, 0.5) is 13.2 Å². The number of amides is 1. The number of benzene rings is 1. The van der Waals surface area contributed by atoms with Crippen LogP contribution in [0.2, 0.25) is 0 Å². The molecule has 0 unspecified atom stereocenters. The molecule has 1 amide bonds. The predicted octanol–water partition coefficient (Wildman–Crippen LogP) is 2.85. The summed E-state index contributed by atoms with van der Waals surface area (Å²) in [5.74, 6) is -1.46. The third kappa shape index (κ3) is 8.13. The van der Waals surface area contributed by atoms with Crippen LogP contribution in [0.25, 0.3) is 0 Å². The predicted molar refractivity (Wildman–Crippen MR) is 71.1 cm³/mol. The Balaban J connectivity index is 2.29. The van der Waals surface area contributed by atoms with Crippen molar-refractivity contribution >= 4 is 11.9 Å². The van der Waals surface area contributed by atoms with Crippen molar-refractivity contribution in [2.45, 2.75) is 38.6 Å². The second kappa shape index (κ2) is 8.26. The summed E-state index contributed by atoms with van der Waals surface area (Å²) >= 11 is 0. The van der Waals surface area contributed by atoms with Gasteiger partial charge in [-0.1, -0.05) is 12.1 Å². The Bertz CT molecular complexity index is 500. The van der Waals surface area contributed by atoms with E-state index in [1.807, 2.05) is 0 Å². The van der Waals surface area contributed by atoms with Crippen LogP contribution in [-0.2, 0) is 16.1 Å². The molecule has 0 aliphatic heterocycles. The number of unbranched alkanes of at least 4 members (excludes halogenated alkanes) is 1. The fourth-order valence-corrected chi connectivity index (χ4v) is 1.66. The number of carbonyl (C=O) groups is 2. The van der Waals surface area contributed by atoms with Crippen LogP contribution in [0.5, 0.6) is 5.75 Å². The zero-order valence-electron chi connectivity index (χ0n) is 11.7. The number of aliphatic carboxylic acids is 1. The van der Waals surface area contributed by atoms with Crippen LogP contribution in [0.1, 0.15) is 31.2 Å². The minimum atomic E-state index is -4.73. The molecule has 0 saturated carbocycles. The van der Waals surface area contributed by atoms with Gasteiger partial charge in [-0.05, 0) is 30.5 Å². The molecule has 0 radical (unpaired) electrons. The highest BCUT2D eigenvalue weighted by Crippen LogP contribution is 2.22. The molecule has 5 nitrogen and oxygen atoms in total. The molecule has 22 heavy (non-hydrogen) atoms. The van der Waals surface area contributed by atoms with E-state index in [0.717, 1.165) is 0 Å². The van der Waals surface area contributed by atoms with Crippen molar-refractivity contribution in [1.82, 2.24) is 5.32 Å². The molecule has 0 aliphatic rings. The summed E-state index contributed by atoms with van der Waals surface area (Å²) in [5.41, 5.74) is 0.633. The fraction of sp³-hybridized carbons (Fsp3) is 0.429. The topological polar surface area (TPSA) is 75.6 Å². The molecule has 0 bridgehead atoms. The molecule has 1 aromatic rings. The number of halogens is 3. The Hall–Kier alpha value is -2.25. The zero-order chi connectivity index (χ0) is 16.6. The first-order valence-corrected chi connectivity index (χ1v) is 6.59. The summed E-state index contributed by atoms with van der Waals surface area (Å²) in [6, 6.07) is 5.18. The average Bonchev–Trinajstić information content (AvgIpc) is 2.41. The van der Waals surface area contributed by atoms with Gasteiger partial charge in [-0.3, -0.25) is 9.59 Å². The van der Waals surface area contributed by atoms with Gasteiger partial charge < -0.3 is 15.2 Å². The minimum absolute atomic E-state index is 0.0218. The molecule has 2 N–H and O–H groups in total. The third-order valence-corrected chi connectivity index (χ3v) is 2.69. The first-order valence-electron chi connectivity index (χ1n) is 6.59. The number of hydrogen-bond donors (Lipinski definition) is 2. The maximum atomic E-state index is 12.0. The van der Waals surface area contributed by atoms with Crippen molar-refractivity contribution in [3.8, 4) is 5.75 Å². The third-order valence-electron chi connectivity index (χ3n) is 2.69. The number of alkyl halides is 3. The van der Waals surface area contributed by atoms with Crippen molar-refractivity contribution in [1.29, 1.82) is 0 Å². The Kier molecular flexibility index (Phi) is 6.68. The highest BCUT2D eigenvalue weighted by molar-refractivity contribution is 5.75. The lowest BCUT2D eigenvalue weighted by Gasteiger charge is -2.09. The SMILES string of the molecule is O=C(O)CCCCC(=O)NCc1ccc(OC(F)(F)F)cc1. The smallest absolute Gasteiger partial charge is 0.481 e. The van der Waals surface area contributed by atoms with Gasteiger partial charge in [0, 0.05) is 19.4 Å². The van der Waals surface area contributed by atoms with Crippen LogP contribution >= 0.6 is 0 Å².